The number of hydrogen-bond donors (Lipinski definition) is 2. The first-order valence-corrected chi connectivity index (χ1v) is 7.75. The number of aromatic nitrogens is 3. The van der Waals surface area contributed by atoms with E-state index >= 15 is 0 Å². The molecule has 0 bridgehead atoms. The maximum atomic E-state index is 5.01. The van der Waals surface area contributed by atoms with E-state index in [-0.39, 0.29) is 0 Å². The standard InChI is InChI=1S/C17H16N6S/c1-18-17(24)21-20-11-14-12-23(15-5-3-2-4-6-15)22-16(14)13-7-9-19-10-8-13/h2-12H,1H3,(H2,18,21,24)/b20-11-. The Hall–Kier alpha value is -3.06. The highest BCUT2D eigenvalue weighted by Gasteiger charge is 2.10. The van der Waals surface area contributed by atoms with Gasteiger partial charge in [-0.15, -0.1) is 0 Å². The normalized spacial score (nSPS) is 10.7. The smallest absolute Gasteiger partial charge is 0.186 e. The van der Waals surface area contributed by atoms with Crippen molar-refractivity contribution in [3.63, 3.8) is 0 Å². The minimum atomic E-state index is 0.451. The van der Waals surface area contributed by atoms with E-state index in [0.29, 0.717) is 5.11 Å². The molecule has 0 aliphatic rings. The van der Waals surface area contributed by atoms with Crippen LogP contribution < -0.4 is 10.7 Å². The van der Waals surface area contributed by atoms with Crippen LogP contribution in [0.3, 0.4) is 0 Å². The number of nitrogens with one attached hydrogen (secondary N) is 2. The van der Waals surface area contributed by atoms with E-state index in [0.717, 1.165) is 22.5 Å². The van der Waals surface area contributed by atoms with Gasteiger partial charge in [0.15, 0.2) is 5.11 Å². The molecule has 0 spiro atoms. The second-order valence-electron chi connectivity index (χ2n) is 4.90. The van der Waals surface area contributed by atoms with E-state index in [9.17, 15) is 0 Å². The van der Waals surface area contributed by atoms with Gasteiger partial charge >= 0.3 is 0 Å². The Morgan fingerprint density at radius 2 is 1.92 bits per heavy atom. The van der Waals surface area contributed by atoms with Gasteiger partial charge in [0.05, 0.1) is 11.9 Å². The van der Waals surface area contributed by atoms with Crippen molar-refractivity contribution < 1.29 is 0 Å². The Bertz CT molecular complexity index is 842. The zero-order chi connectivity index (χ0) is 16.8. The van der Waals surface area contributed by atoms with Gasteiger partial charge in [-0.1, -0.05) is 18.2 Å². The molecule has 0 radical (unpaired) electrons. The van der Waals surface area contributed by atoms with Crippen LogP contribution in [0.25, 0.3) is 16.9 Å². The summed E-state index contributed by atoms with van der Waals surface area (Å²) in [4.78, 5) is 4.06. The van der Waals surface area contributed by atoms with E-state index in [1.807, 2.05) is 53.3 Å². The molecule has 2 aromatic heterocycles. The molecule has 0 fully saturated rings. The van der Waals surface area contributed by atoms with Crippen LogP contribution in [-0.4, -0.2) is 33.1 Å². The molecule has 0 unspecified atom stereocenters. The third-order valence-electron chi connectivity index (χ3n) is 3.31. The zero-order valence-electron chi connectivity index (χ0n) is 13.0. The lowest BCUT2D eigenvalue weighted by Crippen LogP contribution is -2.28. The zero-order valence-corrected chi connectivity index (χ0v) is 13.9. The van der Waals surface area contributed by atoms with Gasteiger partial charge in [-0.2, -0.15) is 10.2 Å². The lowest BCUT2D eigenvalue weighted by molar-refractivity contribution is 0.884. The molecule has 1 aromatic carbocycles. The Morgan fingerprint density at radius 1 is 1.17 bits per heavy atom. The van der Waals surface area contributed by atoms with Gasteiger partial charge in [-0.05, 0) is 36.5 Å². The SMILES string of the molecule is CNC(=S)N/N=C\c1cn(-c2ccccc2)nc1-c1ccncc1. The largest absolute Gasteiger partial charge is 0.364 e. The van der Waals surface area contributed by atoms with Crippen molar-refractivity contribution in [1.82, 2.24) is 25.5 Å². The molecule has 0 aliphatic heterocycles. The molecule has 2 N–H and O–H groups in total. The molecular formula is C17H16N6S. The first-order valence-electron chi connectivity index (χ1n) is 7.34. The lowest BCUT2D eigenvalue weighted by Gasteiger charge is -2.00. The van der Waals surface area contributed by atoms with Crippen LogP contribution in [0.2, 0.25) is 0 Å². The fraction of sp³-hybridized carbons (Fsp3) is 0.0588. The molecule has 0 amide bonds. The van der Waals surface area contributed by atoms with Crippen molar-refractivity contribution >= 4 is 23.5 Å². The fourth-order valence-electron chi connectivity index (χ4n) is 2.15. The summed E-state index contributed by atoms with van der Waals surface area (Å²) in [6, 6.07) is 13.8. The van der Waals surface area contributed by atoms with Crippen LogP contribution in [0.4, 0.5) is 0 Å². The molecule has 7 heteroatoms. The third-order valence-corrected chi connectivity index (χ3v) is 3.61. The number of para-hydroxylation sites is 1. The number of hydrogen-bond acceptors (Lipinski definition) is 4. The molecule has 0 saturated carbocycles. The molecule has 2 heterocycles. The van der Waals surface area contributed by atoms with Gasteiger partial charge in [-0.3, -0.25) is 10.4 Å². The second-order valence-corrected chi connectivity index (χ2v) is 5.31. The number of rotatable bonds is 4. The Kier molecular flexibility index (Phi) is 4.93. The van der Waals surface area contributed by atoms with Crippen LogP contribution in [-0.2, 0) is 0 Å². The van der Waals surface area contributed by atoms with Crippen molar-refractivity contribution in [2.24, 2.45) is 5.10 Å². The monoisotopic (exact) mass is 336 g/mol. The van der Waals surface area contributed by atoms with Crippen molar-refractivity contribution in [1.29, 1.82) is 0 Å². The van der Waals surface area contributed by atoms with Gasteiger partial charge in [-0.25, -0.2) is 4.68 Å². The minimum Gasteiger partial charge on any atom is -0.364 e. The van der Waals surface area contributed by atoms with Gasteiger partial charge in [0.1, 0.15) is 5.69 Å². The second kappa shape index (κ2) is 7.47. The Balaban J connectivity index is 1.99. The quantitative estimate of drug-likeness (QED) is 0.435. The topological polar surface area (TPSA) is 67.1 Å². The molecule has 3 rings (SSSR count). The van der Waals surface area contributed by atoms with Gasteiger partial charge < -0.3 is 5.32 Å². The molecular weight excluding hydrogens is 320 g/mol. The highest BCUT2D eigenvalue weighted by Crippen LogP contribution is 2.21. The van der Waals surface area contributed by atoms with Crippen LogP contribution >= 0.6 is 12.2 Å². The molecule has 6 nitrogen and oxygen atoms in total. The average Bonchev–Trinajstić information content (AvgIpc) is 3.07. The van der Waals surface area contributed by atoms with Gasteiger partial charge in [0, 0.05) is 36.8 Å². The number of hydrazone groups is 1. The predicted octanol–water partition coefficient (Wildman–Crippen LogP) is 2.36. The number of pyridine rings is 1. The molecule has 24 heavy (non-hydrogen) atoms. The van der Waals surface area contributed by atoms with E-state index in [1.165, 1.54) is 0 Å². The number of benzene rings is 1. The summed E-state index contributed by atoms with van der Waals surface area (Å²) >= 11 is 5.01. The summed E-state index contributed by atoms with van der Waals surface area (Å²) in [5.74, 6) is 0. The molecule has 0 atom stereocenters. The van der Waals surface area contributed by atoms with Crippen LogP contribution in [0.1, 0.15) is 5.56 Å². The van der Waals surface area contributed by atoms with Crippen molar-refractivity contribution in [3.8, 4) is 16.9 Å². The average molecular weight is 336 g/mol. The Morgan fingerprint density at radius 3 is 2.62 bits per heavy atom. The molecule has 3 aromatic rings. The summed E-state index contributed by atoms with van der Waals surface area (Å²) in [5.41, 5.74) is 6.39. The summed E-state index contributed by atoms with van der Waals surface area (Å²) in [5, 5.41) is 12.1. The van der Waals surface area contributed by atoms with Crippen molar-refractivity contribution in [2.75, 3.05) is 7.05 Å². The van der Waals surface area contributed by atoms with E-state index in [1.54, 1.807) is 25.7 Å². The summed E-state index contributed by atoms with van der Waals surface area (Å²) < 4.78 is 1.83. The Labute approximate surface area is 145 Å². The van der Waals surface area contributed by atoms with Crippen LogP contribution in [0.5, 0.6) is 0 Å². The molecule has 0 aliphatic carbocycles. The molecule has 120 valence electrons. The van der Waals surface area contributed by atoms with Crippen molar-refractivity contribution in [3.05, 3.63) is 66.6 Å². The lowest BCUT2D eigenvalue weighted by atomic mass is 10.1. The first-order chi connectivity index (χ1) is 11.8. The highest BCUT2D eigenvalue weighted by molar-refractivity contribution is 7.80. The summed E-state index contributed by atoms with van der Waals surface area (Å²) in [6.07, 6.45) is 7.11. The van der Waals surface area contributed by atoms with Gasteiger partial charge in [0.2, 0.25) is 0 Å². The van der Waals surface area contributed by atoms with Crippen LogP contribution in [0, 0.1) is 0 Å². The first kappa shape index (κ1) is 15.8. The summed E-state index contributed by atoms with van der Waals surface area (Å²) in [6.45, 7) is 0. The highest BCUT2D eigenvalue weighted by atomic mass is 32.1. The fourth-order valence-corrected chi connectivity index (χ4v) is 2.20. The van der Waals surface area contributed by atoms with Crippen LogP contribution in [0.15, 0.2) is 66.2 Å². The molecule has 0 saturated heterocycles. The van der Waals surface area contributed by atoms with Gasteiger partial charge in [0.25, 0.3) is 0 Å². The number of thiocarbonyl (C=S) groups is 1. The van der Waals surface area contributed by atoms with Crippen molar-refractivity contribution in [2.45, 2.75) is 0 Å². The minimum absolute atomic E-state index is 0.451. The third kappa shape index (κ3) is 3.64. The van der Waals surface area contributed by atoms with E-state index < -0.39 is 0 Å². The summed E-state index contributed by atoms with van der Waals surface area (Å²) in [7, 11) is 1.74. The van der Waals surface area contributed by atoms with E-state index in [2.05, 4.69) is 20.8 Å². The predicted molar refractivity (Wildman–Crippen MR) is 99.2 cm³/mol. The maximum absolute atomic E-state index is 5.01. The number of nitrogens with zero attached hydrogens (tertiary/aromatic N) is 4. The maximum Gasteiger partial charge on any atom is 0.186 e. The van der Waals surface area contributed by atoms with E-state index in [4.69, 9.17) is 17.3 Å².